The first kappa shape index (κ1) is 103. The molecule has 0 heterocycles. The lowest BCUT2D eigenvalue weighted by Crippen LogP contribution is -2.36. The van der Waals surface area contributed by atoms with Gasteiger partial charge in [0.1, 0.15) is 16.2 Å². The molecule has 107 heavy (non-hydrogen) atoms. The minimum atomic E-state index is -0.939. The molecule has 0 radical (unpaired) electrons. The summed E-state index contributed by atoms with van der Waals surface area (Å²) in [6.07, 6.45) is 71.7. The zero-order chi connectivity index (χ0) is 78.4. The zero-order valence-corrected chi connectivity index (χ0v) is 72.1. The van der Waals surface area contributed by atoms with Gasteiger partial charge in [-0.3, -0.25) is 28.8 Å². The second-order valence-electron chi connectivity index (χ2n) is 30.7. The number of carbonyl (C=O) groups excluding carboxylic acids is 3. The third-order valence-electron chi connectivity index (χ3n) is 20.4. The third kappa shape index (κ3) is 71.1. The highest BCUT2D eigenvalue weighted by Crippen LogP contribution is 2.37. The van der Waals surface area contributed by atoms with Gasteiger partial charge < -0.3 is 29.5 Å². The summed E-state index contributed by atoms with van der Waals surface area (Å²) in [5.74, 6) is 0.774. The van der Waals surface area contributed by atoms with E-state index in [9.17, 15) is 44.1 Å². The topological polar surface area (TPSA) is 191 Å². The van der Waals surface area contributed by atoms with Crippen molar-refractivity contribution in [2.24, 2.45) is 5.92 Å². The lowest BCUT2D eigenvalue weighted by atomic mass is 9.93. The van der Waals surface area contributed by atoms with E-state index in [1.165, 1.54) is 270 Å². The van der Waals surface area contributed by atoms with Crippen molar-refractivity contribution in [2.75, 3.05) is 35.4 Å². The minimum Gasteiger partial charge on any atom is -0.481 e. The summed E-state index contributed by atoms with van der Waals surface area (Å²) in [6.45, 7) is 13.6. The number of unbranched alkanes of at least 4 members (excludes halogenated alkanes) is 48. The molecule has 2 aromatic carbocycles. The molecule has 2 rings (SSSR count). The SMILES string of the molecule is CCCCCCCCCCCCCCC(CSCCC(=O)OCCCCCCCCCCCC)C(=O)O.CCCCCCCCCCCCCCCCCCC(CCCCCCCCCCCCCCCC)(SCC(=O)O)C(=O)O.Cc1ccc(OC(=O)CCCSCCCC(=O)Oc2ccc(C)cc2)cc1. The number of aliphatic carboxylic acids is 3. The number of ether oxygens (including phenoxy) is 3. The molecule has 0 aliphatic carbocycles. The van der Waals surface area contributed by atoms with Crippen LogP contribution in [-0.2, 0) is 33.5 Å². The Kier molecular flexibility index (Phi) is 76.3. The van der Waals surface area contributed by atoms with Crippen molar-refractivity contribution in [3.8, 4) is 11.5 Å². The number of rotatable bonds is 76. The Bertz CT molecular complexity index is 2270. The number of hydrogen-bond acceptors (Lipinski definition) is 12. The molecule has 2 aromatic rings. The first-order valence-electron chi connectivity index (χ1n) is 44.3. The van der Waals surface area contributed by atoms with Crippen LogP contribution < -0.4 is 9.47 Å². The molecule has 2 atom stereocenters. The van der Waals surface area contributed by atoms with Crippen LogP contribution in [0.3, 0.4) is 0 Å². The lowest BCUT2D eigenvalue weighted by Gasteiger charge is -2.28. The molecule has 620 valence electrons. The Balaban J connectivity index is 0.00000161. The van der Waals surface area contributed by atoms with E-state index in [4.69, 9.17) is 14.2 Å². The molecule has 0 spiro atoms. The Morgan fingerprint density at radius 2 is 0.645 bits per heavy atom. The van der Waals surface area contributed by atoms with Gasteiger partial charge in [-0.05, 0) is 88.1 Å². The van der Waals surface area contributed by atoms with Crippen molar-refractivity contribution in [1.29, 1.82) is 0 Å². The van der Waals surface area contributed by atoms with E-state index >= 15 is 0 Å². The molecule has 0 amide bonds. The van der Waals surface area contributed by atoms with Crippen LogP contribution in [0.1, 0.15) is 424 Å². The summed E-state index contributed by atoms with van der Waals surface area (Å²) in [5, 5.41) is 28.9. The number of carboxylic acids is 3. The van der Waals surface area contributed by atoms with Gasteiger partial charge in [0.2, 0.25) is 0 Å². The molecule has 12 nitrogen and oxygen atoms in total. The second-order valence-corrected chi connectivity index (χ2v) is 34.4. The van der Waals surface area contributed by atoms with E-state index in [0.29, 0.717) is 61.7 Å². The molecule has 0 aromatic heterocycles. The van der Waals surface area contributed by atoms with E-state index in [-0.39, 0.29) is 29.6 Å². The molecule has 0 bridgehead atoms. The van der Waals surface area contributed by atoms with Gasteiger partial charge in [-0.25, -0.2) is 0 Å². The van der Waals surface area contributed by atoms with E-state index in [1.54, 1.807) is 47.8 Å². The van der Waals surface area contributed by atoms with Gasteiger partial charge in [0.15, 0.2) is 0 Å². The van der Waals surface area contributed by atoms with Crippen LogP contribution in [0.25, 0.3) is 0 Å². The van der Waals surface area contributed by atoms with Gasteiger partial charge in [0, 0.05) is 24.3 Å². The van der Waals surface area contributed by atoms with Crippen molar-refractivity contribution >= 4 is 71.1 Å². The fourth-order valence-electron chi connectivity index (χ4n) is 13.4. The zero-order valence-electron chi connectivity index (χ0n) is 69.6. The summed E-state index contributed by atoms with van der Waals surface area (Å²) in [7, 11) is 0. The van der Waals surface area contributed by atoms with Crippen molar-refractivity contribution in [3.63, 3.8) is 0 Å². The maximum atomic E-state index is 12.4. The van der Waals surface area contributed by atoms with Gasteiger partial charge >= 0.3 is 35.8 Å². The van der Waals surface area contributed by atoms with Crippen molar-refractivity contribution in [1.82, 2.24) is 0 Å². The van der Waals surface area contributed by atoms with Gasteiger partial charge in [0.25, 0.3) is 0 Å². The highest BCUT2D eigenvalue weighted by molar-refractivity contribution is 8.02. The fourth-order valence-corrected chi connectivity index (χ4v) is 16.4. The number of carbonyl (C=O) groups is 6. The van der Waals surface area contributed by atoms with Crippen LogP contribution >= 0.6 is 35.3 Å². The fraction of sp³-hybridized carbons (Fsp3) is 0.804. The number of carboxylic acid groups (broad SMARTS) is 3. The summed E-state index contributed by atoms with van der Waals surface area (Å²) < 4.78 is 15.0. The second kappa shape index (κ2) is 79.0. The predicted octanol–water partition coefficient (Wildman–Crippen LogP) is 28.6. The molecular weight excluding hydrogens is 1390 g/mol. The molecule has 0 fully saturated rings. The van der Waals surface area contributed by atoms with Gasteiger partial charge in [-0.2, -0.15) is 23.5 Å². The Morgan fingerprint density at radius 1 is 0.346 bits per heavy atom. The largest absolute Gasteiger partial charge is 0.481 e. The van der Waals surface area contributed by atoms with E-state index in [2.05, 4.69) is 27.7 Å². The number of thioether (sulfide) groups is 3. The first-order valence-corrected chi connectivity index (χ1v) is 47.6. The number of aryl methyl sites for hydroxylation is 2. The lowest BCUT2D eigenvalue weighted by molar-refractivity contribution is -0.143. The number of esters is 3. The molecule has 3 N–H and O–H groups in total. The highest BCUT2D eigenvalue weighted by atomic mass is 32.2. The van der Waals surface area contributed by atoms with Crippen LogP contribution in [0.5, 0.6) is 11.5 Å². The first-order chi connectivity index (χ1) is 52.1. The molecule has 0 saturated carbocycles. The third-order valence-corrected chi connectivity index (χ3v) is 24.2. The van der Waals surface area contributed by atoms with E-state index in [0.717, 1.165) is 118 Å². The Labute approximate surface area is 669 Å². The molecular formula is C92H162O12S3. The van der Waals surface area contributed by atoms with Crippen LogP contribution in [0.15, 0.2) is 48.5 Å². The summed E-state index contributed by atoms with van der Waals surface area (Å²) in [6, 6.07) is 14.9. The number of benzene rings is 2. The Morgan fingerprint density at radius 3 is 0.944 bits per heavy atom. The minimum absolute atomic E-state index is 0.121. The summed E-state index contributed by atoms with van der Waals surface area (Å²) >= 11 is 4.48. The molecule has 0 aliphatic heterocycles. The smallest absolute Gasteiger partial charge is 0.319 e. The quantitative estimate of drug-likeness (QED) is 0.0322. The molecule has 0 saturated heterocycles. The molecule has 2 unspecified atom stereocenters. The van der Waals surface area contributed by atoms with Crippen LogP contribution in [0.2, 0.25) is 0 Å². The monoisotopic (exact) mass is 1560 g/mol. The summed E-state index contributed by atoms with van der Waals surface area (Å²) in [5.41, 5.74) is 2.27. The maximum absolute atomic E-state index is 12.4. The average Bonchev–Trinajstić information content (AvgIpc) is 0.847. The standard InChI is InChI=1S/C38H74O4S.C32H62O4S.C22H26O4S/c1-3-5-7-9-11-13-15-17-19-20-22-24-26-28-30-32-34-38(37(41)42,43-35-36(39)40)33-31-29-27-25-23-21-18-16-14-12-10-8-6-4-2;1-3-5-7-9-11-13-15-16-17-19-21-23-25-30(32(34)35)29-37-28-26-31(33)36-27-24-22-20-18-14-12-10-8-6-4-2;1-17-7-11-19(12-8-17)25-21(23)5-3-15-27-16-4-6-22(24)26-20-13-9-18(2)10-14-20/h3-35H2,1-2H3,(H,39,40)(H,41,42);30H,3-29H2,1-2H3,(H,34,35);7-14H,3-6,15-16H2,1-2H3. The van der Waals surface area contributed by atoms with E-state index in [1.807, 2.05) is 38.1 Å². The number of hydrogen-bond donors (Lipinski definition) is 3. The van der Waals surface area contributed by atoms with Gasteiger partial charge in [-0.1, -0.05) is 391 Å². The maximum Gasteiger partial charge on any atom is 0.319 e. The predicted molar refractivity (Wildman–Crippen MR) is 461 cm³/mol. The van der Waals surface area contributed by atoms with Crippen molar-refractivity contribution in [2.45, 2.75) is 432 Å². The van der Waals surface area contributed by atoms with E-state index < -0.39 is 22.7 Å². The molecule has 0 aliphatic rings. The normalized spacial score (nSPS) is 12.0. The van der Waals surface area contributed by atoms with Crippen molar-refractivity contribution < 1.29 is 58.3 Å². The Hall–Kier alpha value is -3.69. The van der Waals surface area contributed by atoms with Crippen LogP contribution in [0.4, 0.5) is 0 Å². The highest BCUT2D eigenvalue weighted by Gasteiger charge is 2.38. The van der Waals surface area contributed by atoms with Gasteiger partial charge in [-0.15, -0.1) is 11.8 Å². The van der Waals surface area contributed by atoms with Crippen LogP contribution in [0, 0.1) is 19.8 Å². The van der Waals surface area contributed by atoms with Crippen molar-refractivity contribution in [3.05, 3.63) is 59.7 Å². The molecule has 15 heteroatoms. The van der Waals surface area contributed by atoms with Crippen LogP contribution in [-0.4, -0.2) is 91.3 Å². The average molecular weight is 1560 g/mol. The van der Waals surface area contributed by atoms with Gasteiger partial charge in [0.05, 0.1) is 24.7 Å². The summed E-state index contributed by atoms with van der Waals surface area (Å²) in [4.78, 5) is 70.7.